The molecule has 2 rings (SSSR count). The third-order valence-electron chi connectivity index (χ3n) is 3.07. The van der Waals surface area contributed by atoms with Crippen molar-refractivity contribution in [3.05, 3.63) is 40.3 Å². The molecule has 1 aromatic carbocycles. The van der Waals surface area contributed by atoms with Crippen LogP contribution in [0, 0.1) is 13.8 Å². The summed E-state index contributed by atoms with van der Waals surface area (Å²) < 4.78 is 5.88. The van der Waals surface area contributed by atoms with Crippen LogP contribution >= 0.6 is 11.6 Å². The molecule has 0 saturated carbocycles. The van der Waals surface area contributed by atoms with Gasteiger partial charge in [-0.05, 0) is 48.6 Å². The van der Waals surface area contributed by atoms with E-state index in [-0.39, 0.29) is 5.28 Å². The Bertz CT molecular complexity index is 641. The number of halogens is 1. The Morgan fingerprint density at radius 1 is 1.20 bits per heavy atom. The standard InChI is InChI=1S/C15H18ClN3O/c1-8(2)11-6-5-9(3)7-12(11)20-14-13(17)10(4)18-15(16)19-14/h5-8H,17H2,1-4H3. The van der Waals surface area contributed by atoms with E-state index in [0.29, 0.717) is 23.2 Å². The van der Waals surface area contributed by atoms with Crippen molar-refractivity contribution in [2.75, 3.05) is 5.73 Å². The maximum absolute atomic E-state index is 5.95. The average molecular weight is 292 g/mol. The van der Waals surface area contributed by atoms with Gasteiger partial charge in [-0.2, -0.15) is 4.98 Å². The van der Waals surface area contributed by atoms with E-state index in [9.17, 15) is 0 Å². The largest absolute Gasteiger partial charge is 0.437 e. The normalized spacial score (nSPS) is 10.9. The maximum atomic E-state index is 5.95. The summed E-state index contributed by atoms with van der Waals surface area (Å²) in [7, 11) is 0. The minimum Gasteiger partial charge on any atom is -0.437 e. The molecule has 2 N–H and O–H groups in total. The molecule has 5 heteroatoms. The first kappa shape index (κ1) is 14.6. The minimum atomic E-state index is 0.130. The fraction of sp³-hybridized carbons (Fsp3) is 0.333. The number of aromatic nitrogens is 2. The second-order valence-corrected chi connectivity index (χ2v) is 5.43. The summed E-state index contributed by atoms with van der Waals surface area (Å²) in [6.07, 6.45) is 0. The third-order valence-corrected chi connectivity index (χ3v) is 3.24. The molecular weight excluding hydrogens is 274 g/mol. The lowest BCUT2D eigenvalue weighted by molar-refractivity contribution is 0.455. The van der Waals surface area contributed by atoms with Gasteiger partial charge in [0.25, 0.3) is 0 Å². The van der Waals surface area contributed by atoms with E-state index in [2.05, 4.69) is 35.9 Å². The number of nitrogen functional groups attached to an aromatic ring is 1. The van der Waals surface area contributed by atoms with Crippen LogP contribution in [0.4, 0.5) is 5.69 Å². The lowest BCUT2D eigenvalue weighted by atomic mass is 10.0. The fourth-order valence-electron chi connectivity index (χ4n) is 1.91. The zero-order valence-corrected chi connectivity index (χ0v) is 12.8. The Kier molecular flexibility index (Phi) is 4.14. The summed E-state index contributed by atoms with van der Waals surface area (Å²) in [6.45, 7) is 8.01. The number of hydrogen-bond acceptors (Lipinski definition) is 4. The van der Waals surface area contributed by atoms with Crippen LogP contribution < -0.4 is 10.5 Å². The molecule has 1 aromatic heterocycles. The van der Waals surface area contributed by atoms with Crippen LogP contribution in [0.15, 0.2) is 18.2 Å². The average Bonchev–Trinajstić information content (AvgIpc) is 2.35. The second-order valence-electron chi connectivity index (χ2n) is 5.09. The van der Waals surface area contributed by atoms with Crippen LogP contribution in [0.2, 0.25) is 5.28 Å². The number of nitrogens with zero attached hydrogens (tertiary/aromatic N) is 2. The molecule has 0 saturated heterocycles. The smallest absolute Gasteiger partial charge is 0.247 e. The summed E-state index contributed by atoms with van der Waals surface area (Å²) >= 11 is 5.86. The molecule has 1 heterocycles. The third kappa shape index (κ3) is 3.02. The summed E-state index contributed by atoms with van der Waals surface area (Å²) in [6, 6.07) is 6.09. The van der Waals surface area contributed by atoms with Crippen LogP contribution in [0.25, 0.3) is 0 Å². The van der Waals surface area contributed by atoms with E-state index in [1.54, 1.807) is 6.92 Å². The van der Waals surface area contributed by atoms with Gasteiger partial charge in [0, 0.05) is 0 Å². The van der Waals surface area contributed by atoms with E-state index in [0.717, 1.165) is 16.9 Å². The predicted molar refractivity (Wildman–Crippen MR) is 81.5 cm³/mol. The quantitative estimate of drug-likeness (QED) is 0.859. The van der Waals surface area contributed by atoms with E-state index >= 15 is 0 Å². The summed E-state index contributed by atoms with van der Waals surface area (Å²) in [5.41, 5.74) is 9.18. The van der Waals surface area contributed by atoms with Crippen molar-refractivity contribution >= 4 is 17.3 Å². The lowest BCUT2D eigenvalue weighted by Gasteiger charge is -2.15. The van der Waals surface area contributed by atoms with Gasteiger partial charge in [0.05, 0.1) is 5.69 Å². The number of hydrogen-bond donors (Lipinski definition) is 1. The summed E-state index contributed by atoms with van der Waals surface area (Å²) in [5, 5.41) is 0.130. The number of aryl methyl sites for hydroxylation is 2. The van der Waals surface area contributed by atoms with Crippen LogP contribution in [0.1, 0.15) is 36.6 Å². The second kappa shape index (κ2) is 5.67. The topological polar surface area (TPSA) is 61.0 Å². The molecule has 0 fully saturated rings. The molecule has 0 bridgehead atoms. The fourth-order valence-corrected chi connectivity index (χ4v) is 2.11. The highest BCUT2D eigenvalue weighted by Gasteiger charge is 2.14. The van der Waals surface area contributed by atoms with Gasteiger partial charge in [-0.15, -0.1) is 0 Å². The molecule has 0 aliphatic rings. The van der Waals surface area contributed by atoms with Gasteiger partial charge in [-0.3, -0.25) is 0 Å². The first-order chi connectivity index (χ1) is 9.38. The Labute approximate surface area is 124 Å². The molecule has 0 aliphatic carbocycles. The number of nitrogens with two attached hydrogens (primary N) is 1. The van der Waals surface area contributed by atoms with Crippen molar-refractivity contribution in [3.63, 3.8) is 0 Å². The molecule has 0 atom stereocenters. The van der Waals surface area contributed by atoms with Crippen molar-refractivity contribution in [3.8, 4) is 11.6 Å². The highest BCUT2D eigenvalue weighted by Crippen LogP contribution is 2.34. The predicted octanol–water partition coefficient (Wildman–Crippen LogP) is 4.24. The molecule has 4 nitrogen and oxygen atoms in total. The van der Waals surface area contributed by atoms with Crippen LogP contribution in [-0.2, 0) is 0 Å². The Balaban J connectivity index is 2.47. The first-order valence-electron chi connectivity index (χ1n) is 6.46. The number of ether oxygens (including phenoxy) is 1. The highest BCUT2D eigenvalue weighted by atomic mass is 35.5. The van der Waals surface area contributed by atoms with Gasteiger partial charge < -0.3 is 10.5 Å². The SMILES string of the molecule is Cc1ccc(C(C)C)c(Oc2nc(Cl)nc(C)c2N)c1. The molecule has 0 unspecified atom stereocenters. The number of benzene rings is 1. The minimum absolute atomic E-state index is 0.130. The molecule has 2 aromatic rings. The van der Waals surface area contributed by atoms with Gasteiger partial charge in [0.1, 0.15) is 11.4 Å². The van der Waals surface area contributed by atoms with Gasteiger partial charge in [-0.1, -0.05) is 26.0 Å². The van der Waals surface area contributed by atoms with Crippen molar-refractivity contribution < 1.29 is 4.74 Å². The van der Waals surface area contributed by atoms with E-state index in [4.69, 9.17) is 22.1 Å². The van der Waals surface area contributed by atoms with Crippen LogP contribution in [0.3, 0.4) is 0 Å². The van der Waals surface area contributed by atoms with E-state index in [1.165, 1.54) is 0 Å². The Morgan fingerprint density at radius 2 is 1.90 bits per heavy atom. The summed E-state index contributed by atoms with van der Waals surface area (Å²) in [5.74, 6) is 1.39. The Morgan fingerprint density at radius 3 is 2.55 bits per heavy atom. The number of anilines is 1. The number of rotatable bonds is 3. The van der Waals surface area contributed by atoms with Gasteiger partial charge in [0.15, 0.2) is 0 Å². The van der Waals surface area contributed by atoms with Crippen molar-refractivity contribution in [1.82, 2.24) is 9.97 Å². The lowest BCUT2D eigenvalue weighted by Crippen LogP contribution is -2.02. The Hall–Kier alpha value is -1.81. The van der Waals surface area contributed by atoms with Crippen molar-refractivity contribution in [1.29, 1.82) is 0 Å². The molecular formula is C15H18ClN3O. The van der Waals surface area contributed by atoms with Crippen LogP contribution in [0.5, 0.6) is 11.6 Å². The zero-order valence-electron chi connectivity index (χ0n) is 12.1. The first-order valence-corrected chi connectivity index (χ1v) is 6.84. The molecule has 0 aliphatic heterocycles. The molecule has 0 spiro atoms. The van der Waals surface area contributed by atoms with Crippen LogP contribution in [-0.4, -0.2) is 9.97 Å². The molecule has 0 amide bonds. The maximum Gasteiger partial charge on any atom is 0.247 e. The van der Waals surface area contributed by atoms with Gasteiger partial charge >= 0.3 is 0 Å². The molecule has 20 heavy (non-hydrogen) atoms. The van der Waals surface area contributed by atoms with Gasteiger partial charge in [0.2, 0.25) is 11.2 Å². The molecule has 0 radical (unpaired) electrons. The van der Waals surface area contributed by atoms with Crippen molar-refractivity contribution in [2.24, 2.45) is 0 Å². The van der Waals surface area contributed by atoms with Gasteiger partial charge in [-0.25, -0.2) is 4.98 Å². The van der Waals surface area contributed by atoms with E-state index < -0.39 is 0 Å². The summed E-state index contributed by atoms with van der Waals surface area (Å²) in [4.78, 5) is 8.07. The highest BCUT2D eigenvalue weighted by molar-refractivity contribution is 6.28. The molecule has 106 valence electrons. The van der Waals surface area contributed by atoms with E-state index in [1.807, 2.05) is 13.0 Å². The zero-order chi connectivity index (χ0) is 14.9. The van der Waals surface area contributed by atoms with Crippen molar-refractivity contribution in [2.45, 2.75) is 33.6 Å². The monoisotopic (exact) mass is 291 g/mol.